The van der Waals surface area contributed by atoms with Gasteiger partial charge in [-0.05, 0) is 23.6 Å². The Bertz CT molecular complexity index is 1150. The van der Waals surface area contributed by atoms with Crippen LogP contribution in [0.25, 0.3) is 0 Å². The van der Waals surface area contributed by atoms with Gasteiger partial charge in [-0.1, -0.05) is 62.4 Å². The summed E-state index contributed by atoms with van der Waals surface area (Å²) in [5.74, 6) is 0.464. The van der Waals surface area contributed by atoms with Crippen molar-refractivity contribution in [2.75, 3.05) is 11.9 Å². The van der Waals surface area contributed by atoms with E-state index in [1.54, 1.807) is 4.57 Å². The second-order valence-electron chi connectivity index (χ2n) is 8.20. The Kier molecular flexibility index (Phi) is 6.81. The van der Waals surface area contributed by atoms with Crippen molar-refractivity contribution in [1.82, 2.24) is 14.5 Å². The Labute approximate surface area is 188 Å². The SMILES string of the molecule is CCc1ccccc1NC(=O)Cn1c(CC)nc2c(c1=O)CN(Cc1ccccc1)CC2. The van der Waals surface area contributed by atoms with E-state index in [0.717, 1.165) is 42.9 Å². The number of aromatic nitrogens is 2. The van der Waals surface area contributed by atoms with Crippen molar-refractivity contribution >= 4 is 11.6 Å². The fourth-order valence-corrected chi connectivity index (χ4v) is 4.31. The first-order valence-electron chi connectivity index (χ1n) is 11.3. The molecule has 1 aliphatic heterocycles. The Morgan fingerprint density at radius 3 is 2.53 bits per heavy atom. The van der Waals surface area contributed by atoms with Crippen LogP contribution in [0.15, 0.2) is 59.4 Å². The Morgan fingerprint density at radius 1 is 1.03 bits per heavy atom. The van der Waals surface area contributed by atoms with E-state index in [0.29, 0.717) is 24.4 Å². The Balaban J connectivity index is 1.56. The van der Waals surface area contributed by atoms with Gasteiger partial charge in [0.25, 0.3) is 5.56 Å². The molecule has 6 heteroatoms. The number of para-hydroxylation sites is 1. The molecule has 0 atom stereocenters. The molecular formula is C26H30N4O2. The second kappa shape index (κ2) is 9.92. The van der Waals surface area contributed by atoms with Crippen LogP contribution in [-0.2, 0) is 43.7 Å². The number of anilines is 1. The van der Waals surface area contributed by atoms with Gasteiger partial charge < -0.3 is 5.32 Å². The quantitative estimate of drug-likeness (QED) is 0.622. The molecule has 1 aliphatic rings. The summed E-state index contributed by atoms with van der Waals surface area (Å²) >= 11 is 0. The second-order valence-corrected chi connectivity index (χ2v) is 8.20. The topological polar surface area (TPSA) is 67.2 Å². The van der Waals surface area contributed by atoms with E-state index >= 15 is 0 Å². The lowest BCUT2D eigenvalue weighted by Gasteiger charge is -2.28. The van der Waals surface area contributed by atoms with Gasteiger partial charge in [-0.25, -0.2) is 4.98 Å². The maximum absolute atomic E-state index is 13.4. The molecule has 0 unspecified atom stereocenters. The highest BCUT2D eigenvalue weighted by Crippen LogP contribution is 2.18. The van der Waals surface area contributed by atoms with Gasteiger partial charge in [0, 0.05) is 38.2 Å². The molecule has 2 aromatic carbocycles. The van der Waals surface area contributed by atoms with Gasteiger partial charge in [-0.3, -0.25) is 19.1 Å². The van der Waals surface area contributed by atoms with Crippen LogP contribution in [-0.4, -0.2) is 26.9 Å². The van der Waals surface area contributed by atoms with Gasteiger partial charge >= 0.3 is 0 Å². The molecule has 2 heterocycles. The van der Waals surface area contributed by atoms with Gasteiger partial charge in [-0.2, -0.15) is 0 Å². The number of fused-ring (bicyclic) bond motifs is 1. The molecule has 0 spiro atoms. The van der Waals surface area contributed by atoms with Crippen LogP contribution < -0.4 is 10.9 Å². The number of carbonyl (C=O) groups excluding carboxylic acids is 1. The van der Waals surface area contributed by atoms with Crippen LogP contribution in [0, 0.1) is 0 Å². The summed E-state index contributed by atoms with van der Waals surface area (Å²) in [7, 11) is 0. The zero-order chi connectivity index (χ0) is 22.5. The minimum Gasteiger partial charge on any atom is -0.324 e. The van der Waals surface area contributed by atoms with E-state index in [2.05, 4.69) is 29.3 Å². The van der Waals surface area contributed by atoms with Crippen LogP contribution in [0.3, 0.4) is 0 Å². The largest absolute Gasteiger partial charge is 0.324 e. The van der Waals surface area contributed by atoms with E-state index in [-0.39, 0.29) is 18.0 Å². The molecule has 0 saturated heterocycles. The van der Waals surface area contributed by atoms with Crippen LogP contribution in [0.1, 0.15) is 42.1 Å². The molecule has 4 rings (SSSR count). The fraction of sp³-hybridized carbons (Fsp3) is 0.346. The molecule has 1 aromatic heterocycles. The average molecular weight is 431 g/mol. The average Bonchev–Trinajstić information content (AvgIpc) is 2.82. The zero-order valence-electron chi connectivity index (χ0n) is 18.8. The van der Waals surface area contributed by atoms with Gasteiger partial charge in [0.2, 0.25) is 5.91 Å². The fourth-order valence-electron chi connectivity index (χ4n) is 4.31. The van der Waals surface area contributed by atoms with E-state index in [1.165, 1.54) is 5.56 Å². The lowest BCUT2D eigenvalue weighted by molar-refractivity contribution is -0.116. The maximum atomic E-state index is 13.4. The molecule has 0 bridgehead atoms. The number of hydrogen-bond donors (Lipinski definition) is 1. The third-order valence-corrected chi connectivity index (χ3v) is 6.01. The number of benzene rings is 2. The van der Waals surface area contributed by atoms with Gasteiger partial charge in [0.15, 0.2) is 0 Å². The third-order valence-electron chi connectivity index (χ3n) is 6.01. The Hall–Kier alpha value is -3.25. The first-order valence-corrected chi connectivity index (χ1v) is 11.3. The van der Waals surface area contributed by atoms with E-state index < -0.39 is 0 Å². The van der Waals surface area contributed by atoms with Crippen LogP contribution in [0.4, 0.5) is 5.69 Å². The number of rotatable bonds is 7. The van der Waals surface area contributed by atoms with Crippen molar-refractivity contribution in [3.63, 3.8) is 0 Å². The summed E-state index contributed by atoms with van der Waals surface area (Å²) in [4.78, 5) is 33.3. The smallest absolute Gasteiger partial charge is 0.258 e. The van der Waals surface area contributed by atoms with Crippen LogP contribution in [0.2, 0.25) is 0 Å². The van der Waals surface area contributed by atoms with Crippen LogP contribution >= 0.6 is 0 Å². The Morgan fingerprint density at radius 2 is 1.78 bits per heavy atom. The number of hydrogen-bond acceptors (Lipinski definition) is 4. The summed E-state index contributed by atoms with van der Waals surface area (Å²) in [6.45, 7) is 6.22. The number of nitrogens with one attached hydrogen (secondary N) is 1. The number of aryl methyl sites for hydroxylation is 2. The standard InChI is InChI=1S/C26H30N4O2/c1-3-20-12-8-9-13-22(20)28-25(31)18-30-24(4-2)27-23-14-15-29(17-21(23)26(30)32)16-19-10-6-5-7-11-19/h5-13H,3-4,14-18H2,1-2H3,(H,28,31). The van der Waals surface area contributed by atoms with Gasteiger partial charge in [-0.15, -0.1) is 0 Å². The van der Waals surface area contributed by atoms with Crippen molar-refractivity contribution in [2.24, 2.45) is 0 Å². The molecule has 3 aromatic rings. The van der Waals surface area contributed by atoms with Crippen LogP contribution in [0.5, 0.6) is 0 Å². The highest BCUT2D eigenvalue weighted by atomic mass is 16.2. The number of nitrogens with zero attached hydrogens (tertiary/aromatic N) is 3. The normalized spacial score (nSPS) is 13.6. The predicted octanol–water partition coefficient (Wildman–Crippen LogP) is 3.57. The molecule has 32 heavy (non-hydrogen) atoms. The third kappa shape index (κ3) is 4.81. The molecule has 1 amide bonds. The highest BCUT2D eigenvalue weighted by molar-refractivity contribution is 5.91. The van der Waals surface area contributed by atoms with Crippen molar-refractivity contribution in [3.8, 4) is 0 Å². The molecule has 0 fully saturated rings. The van der Waals surface area contributed by atoms with Crippen molar-refractivity contribution in [1.29, 1.82) is 0 Å². The van der Waals surface area contributed by atoms with Crippen molar-refractivity contribution < 1.29 is 4.79 Å². The minimum atomic E-state index is -0.207. The first kappa shape index (κ1) is 22.0. The summed E-state index contributed by atoms with van der Waals surface area (Å²) in [5.41, 5.74) is 4.59. The van der Waals surface area contributed by atoms with Gasteiger partial charge in [0.05, 0.1) is 11.3 Å². The number of amides is 1. The minimum absolute atomic E-state index is 0.0287. The molecule has 166 valence electrons. The van der Waals surface area contributed by atoms with Crippen molar-refractivity contribution in [2.45, 2.75) is 52.7 Å². The summed E-state index contributed by atoms with van der Waals surface area (Å²) in [6.07, 6.45) is 2.19. The predicted molar refractivity (Wildman–Crippen MR) is 127 cm³/mol. The van der Waals surface area contributed by atoms with Gasteiger partial charge in [0.1, 0.15) is 12.4 Å². The molecule has 1 N–H and O–H groups in total. The molecule has 0 saturated carbocycles. The summed E-state index contributed by atoms with van der Waals surface area (Å²) in [6, 6.07) is 18.0. The highest BCUT2D eigenvalue weighted by Gasteiger charge is 2.24. The maximum Gasteiger partial charge on any atom is 0.258 e. The van der Waals surface area contributed by atoms with E-state index in [9.17, 15) is 9.59 Å². The van der Waals surface area contributed by atoms with E-state index in [1.807, 2.05) is 49.4 Å². The summed E-state index contributed by atoms with van der Waals surface area (Å²) in [5, 5.41) is 2.97. The molecule has 0 aliphatic carbocycles. The zero-order valence-corrected chi connectivity index (χ0v) is 18.8. The number of carbonyl (C=O) groups is 1. The van der Waals surface area contributed by atoms with Crippen molar-refractivity contribution in [3.05, 3.63) is 93.2 Å². The first-order chi connectivity index (χ1) is 15.6. The molecule has 0 radical (unpaired) electrons. The van der Waals surface area contributed by atoms with E-state index in [4.69, 9.17) is 4.98 Å². The lowest BCUT2D eigenvalue weighted by atomic mass is 10.1. The molecule has 6 nitrogen and oxygen atoms in total. The molecular weight excluding hydrogens is 400 g/mol. The summed E-state index contributed by atoms with van der Waals surface area (Å²) < 4.78 is 1.55. The monoisotopic (exact) mass is 430 g/mol. The lowest BCUT2D eigenvalue weighted by Crippen LogP contribution is -2.40.